The van der Waals surface area contributed by atoms with Crippen molar-refractivity contribution < 1.29 is 9.53 Å². The van der Waals surface area contributed by atoms with Crippen LogP contribution in [0.1, 0.15) is 40.5 Å². The molecule has 1 aliphatic rings. The van der Waals surface area contributed by atoms with Crippen molar-refractivity contribution in [3.05, 3.63) is 23.5 Å². The molecule has 0 atom stereocenters. The zero-order valence-electron chi connectivity index (χ0n) is 10.1. The summed E-state index contributed by atoms with van der Waals surface area (Å²) in [6.07, 6.45) is 5.85. The number of hydrogen-bond acceptors (Lipinski definition) is 2. The van der Waals surface area contributed by atoms with Crippen molar-refractivity contribution in [3.8, 4) is 0 Å². The zero-order valence-corrected chi connectivity index (χ0v) is 10.1. The van der Waals surface area contributed by atoms with Crippen molar-refractivity contribution in [1.82, 2.24) is 0 Å². The van der Waals surface area contributed by atoms with E-state index in [9.17, 15) is 4.79 Å². The van der Waals surface area contributed by atoms with Gasteiger partial charge in [-0.05, 0) is 36.8 Å². The van der Waals surface area contributed by atoms with Crippen molar-refractivity contribution in [2.45, 2.75) is 40.5 Å². The molecule has 84 valence electrons. The van der Waals surface area contributed by atoms with E-state index < -0.39 is 0 Å². The van der Waals surface area contributed by atoms with Crippen LogP contribution in [0, 0.1) is 5.41 Å². The largest absolute Gasteiger partial charge is 0.490 e. The molecule has 0 saturated carbocycles. The lowest BCUT2D eigenvalue weighted by Crippen LogP contribution is -2.13. The lowest BCUT2D eigenvalue weighted by atomic mass is 9.92. The van der Waals surface area contributed by atoms with Gasteiger partial charge in [-0.2, -0.15) is 0 Å². The molecule has 0 unspecified atom stereocenters. The molecular weight excluding hydrogens is 188 g/mol. The third kappa shape index (κ3) is 3.90. The molecule has 1 rings (SSSR count). The summed E-state index contributed by atoms with van der Waals surface area (Å²) in [5.41, 5.74) is 0.810. The Hall–Kier alpha value is -1.05. The van der Waals surface area contributed by atoms with Gasteiger partial charge < -0.3 is 4.74 Å². The van der Waals surface area contributed by atoms with Crippen molar-refractivity contribution >= 4 is 5.78 Å². The average Bonchev–Trinajstić information content (AvgIpc) is 2.15. The number of hydrogen-bond donors (Lipinski definition) is 0. The Balaban J connectivity index is 2.76. The molecule has 2 nitrogen and oxygen atoms in total. The first-order chi connectivity index (χ1) is 6.90. The van der Waals surface area contributed by atoms with Gasteiger partial charge >= 0.3 is 0 Å². The summed E-state index contributed by atoms with van der Waals surface area (Å²) >= 11 is 0. The minimum Gasteiger partial charge on any atom is -0.490 e. The van der Waals surface area contributed by atoms with Gasteiger partial charge in [-0.3, -0.25) is 4.79 Å². The van der Waals surface area contributed by atoms with Crippen LogP contribution in [0.15, 0.2) is 23.5 Å². The second kappa shape index (κ2) is 4.65. The smallest absolute Gasteiger partial charge is 0.222 e. The van der Waals surface area contributed by atoms with Crippen molar-refractivity contribution in [3.63, 3.8) is 0 Å². The maximum absolute atomic E-state index is 11.9. The summed E-state index contributed by atoms with van der Waals surface area (Å²) in [6.45, 7) is 8.77. The van der Waals surface area contributed by atoms with E-state index in [1.807, 2.05) is 19.1 Å². The van der Waals surface area contributed by atoms with Gasteiger partial charge in [-0.25, -0.2) is 0 Å². The lowest BCUT2D eigenvalue weighted by molar-refractivity contribution is -0.115. The minimum atomic E-state index is 0.0321. The molecule has 0 aliphatic carbocycles. The fourth-order valence-electron chi connectivity index (χ4n) is 1.63. The average molecular weight is 208 g/mol. The first-order valence-corrected chi connectivity index (χ1v) is 5.47. The Morgan fingerprint density at radius 3 is 2.60 bits per heavy atom. The van der Waals surface area contributed by atoms with Crippen LogP contribution >= 0.6 is 0 Å². The van der Waals surface area contributed by atoms with E-state index in [0.29, 0.717) is 12.4 Å². The molecule has 0 aromatic heterocycles. The summed E-state index contributed by atoms with van der Waals surface area (Å²) in [6, 6.07) is 0. The summed E-state index contributed by atoms with van der Waals surface area (Å²) in [5.74, 6) is 0.559. The molecule has 1 aliphatic heterocycles. The second-order valence-electron chi connectivity index (χ2n) is 5.08. The molecule has 0 fully saturated rings. The van der Waals surface area contributed by atoms with Crippen molar-refractivity contribution in [2.24, 2.45) is 5.41 Å². The Kier molecular flexibility index (Phi) is 3.72. The third-order valence-corrected chi connectivity index (χ3v) is 2.17. The predicted octanol–water partition coefficient (Wildman–Crippen LogP) is 3.24. The van der Waals surface area contributed by atoms with E-state index in [1.54, 1.807) is 0 Å². The standard InChI is InChI=1S/C13H20O2/c1-10(9-13(2,3)4)12(14)11-7-5-6-8-15-11/h7,9H,5-6,8H2,1-4H3/b10-9+. The summed E-state index contributed by atoms with van der Waals surface area (Å²) in [7, 11) is 0. The topological polar surface area (TPSA) is 26.3 Å². The van der Waals surface area contributed by atoms with E-state index in [-0.39, 0.29) is 11.2 Å². The molecule has 0 bridgehead atoms. The minimum absolute atomic E-state index is 0.0321. The highest BCUT2D eigenvalue weighted by Crippen LogP contribution is 2.21. The fourth-order valence-corrected chi connectivity index (χ4v) is 1.63. The normalized spacial score (nSPS) is 18.1. The Bertz CT molecular complexity index is 303. The number of carbonyl (C=O) groups is 1. The molecule has 0 saturated heterocycles. The molecule has 15 heavy (non-hydrogen) atoms. The highest BCUT2D eigenvalue weighted by molar-refractivity contribution is 6.06. The Morgan fingerprint density at radius 1 is 1.47 bits per heavy atom. The van der Waals surface area contributed by atoms with Crippen LogP contribution in [0.5, 0.6) is 0 Å². The number of rotatable bonds is 2. The van der Waals surface area contributed by atoms with Crippen LogP contribution in [0.3, 0.4) is 0 Å². The molecule has 0 amide bonds. The van der Waals surface area contributed by atoms with E-state index in [1.165, 1.54) is 0 Å². The highest BCUT2D eigenvalue weighted by atomic mass is 16.5. The van der Waals surface area contributed by atoms with Crippen LogP contribution in [0.2, 0.25) is 0 Å². The Labute approximate surface area is 92.0 Å². The molecule has 1 heterocycles. The number of carbonyl (C=O) groups excluding carboxylic acids is 1. The molecule has 0 spiro atoms. The number of ether oxygens (including phenoxy) is 1. The van der Waals surface area contributed by atoms with Gasteiger partial charge in [0, 0.05) is 0 Å². The number of ketones is 1. The van der Waals surface area contributed by atoms with Gasteiger partial charge in [0.25, 0.3) is 0 Å². The summed E-state index contributed by atoms with van der Waals surface area (Å²) < 4.78 is 5.35. The summed E-state index contributed by atoms with van der Waals surface area (Å²) in [4.78, 5) is 11.9. The van der Waals surface area contributed by atoms with Crippen molar-refractivity contribution in [2.75, 3.05) is 6.61 Å². The first-order valence-electron chi connectivity index (χ1n) is 5.47. The van der Waals surface area contributed by atoms with E-state index in [2.05, 4.69) is 20.8 Å². The maximum Gasteiger partial charge on any atom is 0.222 e. The number of Topliss-reactive ketones (excluding diaryl/α,β-unsaturated/α-hetero) is 1. The predicted molar refractivity (Wildman–Crippen MR) is 61.5 cm³/mol. The van der Waals surface area contributed by atoms with Crippen LogP contribution < -0.4 is 0 Å². The molecular formula is C13H20O2. The van der Waals surface area contributed by atoms with E-state index in [0.717, 1.165) is 18.4 Å². The molecule has 0 N–H and O–H groups in total. The zero-order chi connectivity index (χ0) is 11.5. The summed E-state index contributed by atoms with van der Waals surface area (Å²) in [5, 5.41) is 0. The molecule has 0 radical (unpaired) electrons. The van der Waals surface area contributed by atoms with Gasteiger partial charge in [0.05, 0.1) is 6.61 Å². The molecule has 0 aromatic rings. The molecule has 2 heteroatoms. The first kappa shape index (κ1) is 12.0. The monoisotopic (exact) mass is 208 g/mol. The molecule has 0 aromatic carbocycles. The van der Waals surface area contributed by atoms with Gasteiger partial charge in [-0.15, -0.1) is 0 Å². The van der Waals surface area contributed by atoms with Crippen LogP contribution in [-0.2, 0) is 9.53 Å². The van der Waals surface area contributed by atoms with E-state index >= 15 is 0 Å². The Morgan fingerprint density at radius 2 is 2.13 bits per heavy atom. The van der Waals surface area contributed by atoms with Crippen molar-refractivity contribution in [1.29, 1.82) is 0 Å². The SMILES string of the molecule is C/C(=C\C(C)(C)C)C(=O)C1=CCCCO1. The fraction of sp³-hybridized carbons (Fsp3) is 0.615. The van der Waals surface area contributed by atoms with Gasteiger partial charge in [0.2, 0.25) is 5.78 Å². The van der Waals surface area contributed by atoms with Crippen LogP contribution in [0.4, 0.5) is 0 Å². The quantitative estimate of drug-likeness (QED) is 0.651. The van der Waals surface area contributed by atoms with E-state index in [4.69, 9.17) is 4.74 Å². The highest BCUT2D eigenvalue weighted by Gasteiger charge is 2.17. The number of allylic oxidation sites excluding steroid dienone is 3. The third-order valence-electron chi connectivity index (χ3n) is 2.17. The van der Waals surface area contributed by atoms with Gasteiger partial charge in [-0.1, -0.05) is 26.8 Å². The van der Waals surface area contributed by atoms with Crippen LogP contribution in [-0.4, -0.2) is 12.4 Å². The van der Waals surface area contributed by atoms with Crippen LogP contribution in [0.25, 0.3) is 0 Å². The van der Waals surface area contributed by atoms with Gasteiger partial charge in [0.1, 0.15) is 0 Å². The lowest BCUT2D eigenvalue weighted by Gasteiger charge is -2.17. The second-order valence-corrected chi connectivity index (χ2v) is 5.08. The maximum atomic E-state index is 11.9. The van der Waals surface area contributed by atoms with Gasteiger partial charge in [0.15, 0.2) is 5.76 Å².